The van der Waals surface area contributed by atoms with E-state index in [2.05, 4.69) is 45.1 Å². The van der Waals surface area contributed by atoms with E-state index >= 15 is 0 Å². The van der Waals surface area contributed by atoms with E-state index in [1.165, 1.54) is 0 Å². The molecule has 0 radical (unpaired) electrons. The highest BCUT2D eigenvalue weighted by molar-refractivity contribution is 6.50. The van der Waals surface area contributed by atoms with E-state index in [0.717, 1.165) is 51.6 Å². The van der Waals surface area contributed by atoms with E-state index in [0.29, 0.717) is 28.9 Å². The second-order valence-corrected chi connectivity index (χ2v) is 11.1. The quantitative estimate of drug-likeness (QED) is 0.224. The Kier molecular flexibility index (Phi) is 6.72. The van der Waals surface area contributed by atoms with Crippen molar-refractivity contribution in [2.45, 2.75) is 13.0 Å². The van der Waals surface area contributed by atoms with Crippen LogP contribution in [0.4, 0.5) is 0 Å². The van der Waals surface area contributed by atoms with E-state index in [4.69, 9.17) is 5.10 Å². The lowest BCUT2D eigenvalue weighted by atomic mass is 9.97. The van der Waals surface area contributed by atoms with Gasteiger partial charge in [0.25, 0.3) is 11.8 Å². The fraction of sp³-hybridized carbons (Fsp3) is 0.139. The Bertz CT molecular complexity index is 2050. The predicted octanol–water partition coefficient (Wildman–Crippen LogP) is 6.17. The van der Waals surface area contributed by atoms with Crippen molar-refractivity contribution in [3.63, 3.8) is 0 Å². The lowest BCUT2D eigenvalue weighted by molar-refractivity contribution is -0.122. The number of para-hydroxylation sites is 2. The SMILES string of the molecule is CN(C)CCCn1nc(C2=C(c3cn(-c4cccc(-c5ccccc5)c4)c4ccccc34)C(=O)NC2=O)c2ccccc21. The highest BCUT2D eigenvalue weighted by Crippen LogP contribution is 2.39. The number of amides is 2. The molecule has 0 fully saturated rings. The maximum Gasteiger partial charge on any atom is 0.261 e. The van der Waals surface area contributed by atoms with Gasteiger partial charge >= 0.3 is 0 Å². The first kappa shape index (κ1) is 26.6. The fourth-order valence-corrected chi connectivity index (χ4v) is 6.02. The Hall–Kier alpha value is -5.27. The number of aromatic nitrogens is 3. The second-order valence-electron chi connectivity index (χ2n) is 11.1. The molecule has 212 valence electrons. The molecule has 7 rings (SSSR count). The molecule has 0 spiro atoms. The number of benzene rings is 4. The lowest BCUT2D eigenvalue weighted by Crippen LogP contribution is -2.22. The van der Waals surface area contributed by atoms with Gasteiger partial charge in [0.2, 0.25) is 0 Å². The second kappa shape index (κ2) is 10.9. The number of carbonyl (C=O) groups excluding carboxylic acids is 2. The molecule has 0 aliphatic carbocycles. The molecule has 1 aliphatic heterocycles. The Morgan fingerprint density at radius 3 is 2.19 bits per heavy atom. The van der Waals surface area contributed by atoms with Crippen LogP contribution in [0.5, 0.6) is 0 Å². The summed E-state index contributed by atoms with van der Waals surface area (Å²) in [5, 5.41) is 9.25. The minimum absolute atomic E-state index is 0.313. The van der Waals surface area contributed by atoms with Gasteiger partial charge in [-0.25, -0.2) is 0 Å². The van der Waals surface area contributed by atoms with Crippen LogP contribution < -0.4 is 5.32 Å². The van der Waals surface area contributed by atoms with Crippen LogP contribution in [0, 0.1) is 0 Å². The normalized spacial score (nSPS) is 13.6. The van der Waals surface area contributed by atoms with E-state index in [1.54, 1.807) is 0 Å². The zero-order chi connectivity index (χ0) is 29.5. The molecule has 1 N–H and O–H groups in total. The fourth-order valence-electron chi connectivity index (χ4n) is 6.02. The van der Waals surface area contributed by atoms with Crippen LogP contribution in [-0.2, 0) is 16.1 Å². The van der Waals surface area contributed by atoms with Crippen molar-refractivity contribution in [2.24, 2.45) is 0 Å². The summed E-state index contributed by atoms with van der Waals surface area (Å²) in [6.45, 7) is 1.62. The molecule has 6 aromatic rings. The van der Waals surface area contributed by atoms with Crippen LogP contribution in [0.3, 0.4) is 0 Å². The van der Waals surface area contributed by atoms with Crippen molar-refractivity contribution in [3.8, 4) is 16.8 Å². The predicted molar refractivity (Wildman–Crippen MR) is 172 cm³/mol. The molecule has 2 amide bonds. The van der Waals surface area contributed by atoms with Crippen molar-refractivity contribution in [1.29, 1.82) is 0 Å². The van der Waals surface area contributed by atoms with E-state index in [9.17, 15) is 9.59 Å². The number of aryl methyl sites for hydroxylation is 1. The summed E-state index contributed by atoms with van der Waals surface area (Å²) in [5.41, 5.74) is 6.96. The largest absolute Gasteiger partial charge is 0.316 e. The van der Waals surface area contributed by atoms with Crippen LogP contribution in [-0.4, -0.2) is 51.7 Å². The van der Waals surface area contributed by atoms with Crippen LogP contribution in [0.25, 0.3) is 49.8 Å². The monoisotopic (exact) mass is 565 g/mol. The Morgan fingerprint density at radius 2 is 1.40 bits per heavy atom. The van der Waals surface area contributed by atoms with Crippen molar-refractivity contribution in [1.82, 2.24) is 24.6 Å². The number of fused-ring (bicyclic) bond motifs is 2. The molecule has 43 heavy (non-hydrogen) atoms. The molecule has 4 aromatic carbocycles. The molecule has 1 aliphatic rings. The molecule has 3 heterocycles. The van der Waals surface area contributed by atoms with Crippen LogP contribution in [0.15, 0.2) is 109 Å². The van der Waals surface area contributed by atoms with Crippen molar-refractivity contribution < 1.29 is 9.59 Å². The molecule has 7 heteroatoms. The highest BCUT2D eigenvalue weighted by Gasteiger charge is 2.36. The third-order valence-corrected chi connectivity index (χ3v) is 8.01. The van der Waals surface area contributed by atoms with Gasteiger partial charge in [-0.1, -0.05) is 78.9 Å². The van der Waals surface area contributed by atoms with Crippen LogP contribution >= 0.6 is 0 Å². The zero-order valence-corrected chi connectivity index (χ0v) is 24.1. The van der Waals surface area contributed by atoms with E-state index < -0.39 is 11.8 Å². The molecule has 0 saturated carbocycles. The maximum absolute atomic E-state index is 13.5. The molecule has 0 atom stereocenters. The summed E-state index contributed by atoms with van der Waals surface area (Å²) in [4.78, 5) is 29.2. The highest BCUT2D eigenvalue weighted by atomic mass is 16.2. The van der Waals surface area contributed by atoms with Gasteiger partial charge < -0.3 is 9.47 Å². The molecule has 0 unspecified atom stereocenters. The first-order chi connectivity index (χ1) is 21.0. The molecule has 2 aromatic heterocycles. The van der Waals surface area contributed by atoms with Gasteiger partial charge in [-0.2, -0.15) is 5.10 Å². The zero-order valence-electron chi connectivity index (χ0n) is 24.1. The molecular weight excluding hydrogens is 534 g/mol. The minimum atomic E-state index is -0.424. The number of imide groups is 1. The van der Waals surface area contributed by atoms with Gasteiger partial charge in [0.15, 0.2) is 0 Å². The summed E-state index contributed by atoms with van der Waals surface area (Å²) in [7, 11) is 4.10. The summed E-state index contributed by atoms with van der Waals surface area (Å²) in [6, 6.07) is 34.5. The Morgan fingerprint density at radius 1 is 0.721 bits per heavy atom. The van der Waals surface area contributed by atoms with Gasteiger partial charge in [-0.3, -0.25) is 19.6 Å². The third kappa shape index (κ3) is 4.73. The molecule has 0 bridgehead atoms. The number of nitrogens with one attached hydrogen (secondary N) is 1. The number of carbonyl (C=O) groups is 2. The van der Waals surface area contributed by atoms with E-state index in [-0.39, 0.29) is 0 Å². The maximum atomic E-state index is 13.5. The summed E-state index contributed by atoms with van der Waals surface area (Å²) < 4.78 is 4.04. The third-order valence-electron chi connectivity index (χ3n) is 8.01. The van der Waals surface area contributed by atoms with Gasteiger partial charge in [0.05, 0.1) is 22.2 Å². The number of hydrogen-bond acceptors (Lipinski definition) is 4. The summed E-state index contributed by atoms with van der Waals surface area (Å²) >= 11 is 0. The lowest BCUT2D eigenvalue weighted by Gasteiger charge is -2.09. The van der Waals surface area contributed by atoms with Crippen LogP contribution in [0.2, 0.25) is 0 Å². The van der Waals surface area contributed by atoms with Crippen LogP contribution in [0.1, 0.15) is 17.7 Å². The summed E-state index contributed by atoms with van der Waals surface area (Å²) in [6.07, 6.45) is 2.88. The van der Waals surface area contributed by atoms with Crippen molar-refractivity contribution in [2.75, 3.05) is 20.6 Å². The number of hydrogen-bond donors (Lipinski definition) is 1. The molecule has 0 saturated heterocycles. The van der Waals surface area contributed by atoms with Crippen molar-refractivity contribution >= 4 is 44.8 Å². The first-order valence-corrected chi connectivity index (χ1v) is 14.5. The summed E-state index contributed by atoms with van der Waals surface area (Å²) in [5.74, 6) is -0.834. The van der Waals surface area contributed by atoms with Gasteiger partial charge in [-0.15, -0.1) is 0 Å². The Balaban J connectivity index is 1.41. The van der Waals surface area contributed by atoms with Gasteiger partial charge in [-0.05, 0) is 62.5 Å². The van der Waals surface area contributed by atoms with E-state index in [1.807, 2.05) is 97.8 Å². The smallest absolute Gasteiger partial charge is 0.261 e. The Labute approximate surface area is 249 Å². The molecular formula is C36H31N5O2. The number of nitrogens with zero attached hydrogens (tertiary/aromatic N) is 4. The van der Waals surface area contributed by atoms with Crippen molar-refractivity contribution in [3.05, 3.63) is 121 Å². The first-order valence-electron chi connectivity index (χ1n) is 14.5. The topological polar surface area (TPSA) is 72.2 Å². The standard InChI is InChI=1S/C36H31N5O2/c1-39(2)20-11-21-41-31-19-9-7-17-28(31)34(38-41)33-32(35(42)37-36(33)43)29-23-40(30-18-8-6-16-27(29)30)26-15-10-14-25(22-26)24-12-4-3-5-13-24/h3-10,12-19,22-23H,11,20-21H2,1-2H3,(H,37,42,43). The average Bonchev–Trinajstić information content (AvgIpc) is 3.68. The number of rotatable bonds is 8. The molecule has 7 nitrogen and oxygen atoms in total. The van der Waals surface area contributed by atoms with Gasteiger partial charge in [0.1, 0.15) is 5.69 Å². The van der Waals surface area contributed by atoms with Gasteiger partial charge in [0, 0.05) is 34.8 Å². The average molecular weight is 566 g/mol. The minimum Gasteiger partial charge on any atom is -0.316 e.